The van der Waals surface area contributed by atoms with Crippen molar-refractivity contribution in [3.8, 4) is 0 Å². The molecule has 0 N–H and O–H groups in total. The van der Waals surface area contributed by atoms with Crippen molar-refractivity contribution in [3.63, 3.8) is 0 Å². The second kappa shape index (κ2) is 3.41. The molecule has 0 fully saturated rings. The highest BCUT2D eigenvalue weighted by molar-refractivity contribution is 5.75. The Morgan fingerprint density at radius 2 is 1.71 bits per heavy atom. The number of nitrogens with zero attached hydrogens (tertiary/aromatic N) is 1. The second-order valence-corrected chi connectivity index (χ2v) is 4.03. The molecule has 0 aliphatic rings. The van der Waals surface area contributed by atoms with Crippen molar-refractivity contribution < 1.29 is 4.57 Å². The number of hydrogen-bond acceptors (Lipinski definition) is 0. The maximum atomic E-state index is 2.28. The molecule has 0 spiro atoms. The molecule has 0 aliphatic heterocycles. The minimum Gasteiger partial charge on any atom is -0.198 e. The standard InChI is InChI=1S/C13H16N/c1-10(2)12-9-8-11-6-4-5-7-13(11)14(12)3/h4-10H,1-3H3/q+1. The summed E-state index contributed by atoms with van der Waals surface area (Å²) in [5.41, 5.74) is 2.68. The van der Waals surface area contributed by atoms with E-state index >= 15 is 0 Å². The zero-order valence-electron chi connectivity index (χ0n) is 8.99. The van der Waals surface area contributed by atoms with Crippen LogP contribution in [0, 0.1) is 0 Å². The topological polar surface area (TPSA) is 3.88 Å². The molecule has 1 aromatic heterocycles. The molecular formula is C13H16N+. The SMILES string of the molecule is CC(C)c1ccc2ccccc2[n+]1C. The molecule has 1 heteroatoms. The number of benzene rings is 1. The molecular weight excluding hydrogens is 170 g/mol. The van der Waals surface area contributed by atoms with Crippen molar-refractivity contribution in [2.45, 2.75) is 19.8 Å². The maximum Gasteiger partial charge on any atom is 0.212 e. The van der Waals surface area contributed by atoms with Gasteiger partial charge in [0, 0.05) is 23.4 Å². The molecule has 0 radical (unpaired) electrons. The third-order valence-corrected chi connectivity index (χ3v) is 2.71. The van der Waals surface area contributed by atoms with Gasteiger partial charge in [0.15, 0.2) is 5.69 Å². The van der Waals surface area contributed by atoms with Gasteiger partial charge in [-0.2, -0.15) is 4.57 Å². The number of hydrogen-bond donors (Lipinski definition) is 0. The second-order valence-electron chi connectivity index (χ2n) is 4.03. The summed E-state index contributed by atoms with van der Waals surface area (Å²) in [4.78, 5) is 0. The molecule has 2 aromatic rings. The van der Waals surface area contributed by atoms with E-state index in [0.29, 0.717) is 5.92 Å². The van der Waals surface area contributed by atoms with Gasteiger partial charge >= 0.3 is 0 Å². The van der Waals surface area contributed by atoms with E-state index in [1.54, 1.807) is 0 Å². The Hall–Kier alpha value is -1.37. The maximum absolute atomic E-state index is 2.28. The van der Waals surface area contributed by atoms with Crippen LogP contribution in [-0.4, -0.2) is 0 Å². The van der Waals surface area contributed by atoms with E-state index in [0.717, 1.165) is 0 Å². The van der Waals surface area contributed by atoms with E-state index in [2.05, 4.69) is 61.9 Å². The van der Waals surface area contributed by atoms with Crippen molar-refractivity contribution in [3.05, 3.63) is 42.1 Å². The molecule has 0 unspecified atom stereocenters. The normalized spacial score (nSPS) is 11.1. The van der Waals surface area contributed by atoms with Crippen LogP contribution in [0.15, 0.2) is 36.4 Å². The van der Waals surface area contributed by atoms with Crippen LogP contribution in [0.4, 0.5) is 0 Å². The Balaban J connectivity index is 2.75. The van der Waals surface area contributed by atoms with Crippen molar-refractivity contribution in [1.82, 2.24) is 0 Å². The fraction of sp³-hybridized carbons (Fsp3) is 0.308. The van der Waals surface area contributed by atoms with E-state index in [1.165, 1.54) is 16.6 Å². The average molecular weight is 186 g/mol. The lowest BCUT2D eigenvalue weighted by atomic mass is 10.1. The number of para-hydroxylation sites is 1. The van der Waals surface area contributed by atoms with Gasteiger partial charge in [-0.1, -0.05) is 26.0 Å². The molecule has 0 bridgehead atoms. The molecule has 2 rings (SSSR count). The monoisotopic (exact) mass is 186 g/mol. The minimum atomic E-state index is 0.574. The third-order valence-electron chi connectivity index (χ3n) is 2.71. The molecule has 0 saturated heterocycles. The first-order chi connectivity index (χ1) is 6.70. The third kappa shape index (κ3) is 1.39. The summed E-state index contributed by atoms with van der Waals surface area (Å²) < 4.78 is 2.28. The largest absolute Gasteiger partial charge is 0.212 e. The molecule has 0 amide bonds. The average Bonchev–Trinajstić information content (AvgIpc) is 2.18. The highest BCUT2D eigenvalue weighted by Gasteiger charge is 2.13. The van der Waals surface area contributed by atoms with E-state index in [9.17, 15) is 0 Å². The van der Waals surface area contributed by atoms with E-state index in [1.807, 2.05) is 0 Å². The quantitative estimate of drug-likeness (QED) is 0.603. The van der Waals surface area contributed by atoms with Crippen LogP contribution in [-0.2, 0) is 7.05 Å². The van der Waals surface area contributed by atoms with Crippen LogP contribution in [0.5, 0.6) is 0 Å². The molecule has 1 nitrogen and oxygen atoms in total. The Kier molecular flexibility index (Phi) is 2.24. The van der Waals surface area contributed by atoms with Crippen molar-refractivity contribution in [1.29, 1.82) is 0 Å². The van der Waals surface area contributed by atoms with Gasteiger partial charge in [-0.15, -0.1) is 0 Å². The summed E-state index contributed by atoms with van der Waals surface area (Å²) in [7, 11) is 2.14. The molecule has 1 heterocycles. The summed E-state index contributed by atoms with van der Waals surface area (Å²) in [6, 6.07) is 12.9. The van der Waals surface area contributed by atoms with Crippen molar-refractivity contribution in [2.75, 3.05) is 0 Å². The van der Waals surface area contributed by atoms with Crippen LogP contribution in [0.25, 0.3) is 10.9 Å². The molecule has 72 valence electrons. The lowest BCUT2D eigenvalue weighted by Crippen LogP contribution is -2.34. The van der Waals surface area contributed by atoms with Crippen LogP contribution < -0.4 is 4.57 Å². The van der Waals surface area contributed by atoms with Gasteiger partial charge in [0.05, 0.1) is 0 Å². The predicted molar refractivity (Wildman–Crippen MR) is 59.2 cm³/mol. The summed E-state index contributed by atoms with van der Waals surface area (Å²) in [6.07, 6.45) is 0. The fourth-order valence-electron chi connectivity index (χ4n) is 1.94. The van der Waals surface area contributed by atoms with Gasteiger partial charge in [0.2, 0.25) is 5.52 Å². The highest BCUT2D eigenvalue weighted by Crippen LogP contribution is 2.14. The number of aryl methyl sites for hydroxylation is 1. The van der Waals surface area contributed by atoms with Gasteiger partial charge in [-0.25, -0.2) is 0 Å². The molecule has 1 aromatic carbocycles. The van der Waals surface area contributed by atoms with Crippen LogP contribution in [0.3, 0.4) is 0 Å². The van der Waals surface area contributed by atoms with E-state index < -0.39 is 0 Å². The smallest absolute Gasteiger partial charge is 0.198 e. The molecule has 0 saturated carbocycles. The van der Waals surface area contributed by atoms with Crippen molar-refractivity contribution in [2.24, 2.45) is 7.05 Å². The number of fused-ring (bicyclic) bond motifs is 1. The zero-order chi connectivity index (χ0) is 10.1. The van der Waals surface area contributed by atoms with Gasteiger partial charge in [-0.05, 0) is 12.1 Å². The summed E-state index contributed by atoms with van der Waals surface area (Å²) >= 11 is 0. The first kappa shape index (κ1) is 9.20. The lowest BCUT2D eigenvalue weighted by molar-refractivity contribution is -0.654. The van der Waals surface area contributed by atoms with Gasteiger partial charge in [0.1, 0.15) is 7.05 Å². The van der Waals surface area contributed by atoms with Gasteiger partial charge in [-0.3, -0.25) is 0 Å². The van der Waals surface area contributed by atoms with E-state index in [-0.39, 0.29) is 0 Å². The Labute approximate surface area is 85.0 Å². The Morgan fingerprint density at radius 3 is 2.43 bits per heavy atom. The molecule has 0 atom stereocenters. The van der Waals surface area contributed by atoms with Crippen molar-refractivity contribution >= 4 is 10.9 Å². The molecule has 14 heavy (non-hydrogen) atoms. The molecule has 0 aliphatic carbocycles. The minimum absolute atomic E-state index is 0.574. The van der Waals surface area contributed by atoms with Crippen LogP contribution >= 0.6 is 0 Å². The van der Waals surface area contributed by atoms with Crippen LogP contribution in [0.2, 0.25) is 0 Å². The first-order valence-electron chi connectivity index (χ1n) is 5.08. The van der Waals surface area contributed by atoms with E-state index in [4.69, 9.17) is 0 Å². The van der Waals surface area contributed by atoms with Gasteiger partial charge < -0.3 is 0 Å². The summed E-state index contributed by atoms with van der Waals surface area (Å²) in [6.45, 7) is 4.45. The predicted octanol–water partition coefficient (Wildman–Crippen LogP) is 2.79. The highest BCUT2D eigenvalue weighted by atomic mass is 14.9. The first-order valence-corrected chi connectivity index (χ1v) is 5.08. The summed E-state index contributed by atoms with van der Waals surface area (Å²) in [5.74, 6) is 0.574. The lowest BCUT2D eigenvalue weighted by Gasteiger charge is -2.05. The summed E-state index contributed by atoms with van der Waals surface area (Å²) in [5, 5.41) is 1.31. The Bertz CT molecular complexity index is 458. The number of pyridine rings is 1. The number of aromatic nitrogens is 1. The number of rotatable bonds is 1. The van der Waals surface area contributed by atoms with Crippen LogP contribution in [0.1, 0.15) is 25.5 Å². The zero-order valence-corrected chi connectivity index (χ0v) is 8.99. The van der Waals surface area contributed by atoms with Gasteiger partial charge in [0.25, 0.3) is 0 Å². The Morgan fingerprint density at radius 1 is 1.00 bits per heavy atom. The fourth-order valence-corrected chi connectivity index (χ4v) is 1.94.